The van der Waals surface area contributed by atoms with E-state index in [9.17, 15) is 14.7 Å². The third-order valence-corrected chi connectivity index (χ3v) is 4.72. The Labute approximate surface area is 179 Å². The highest BCUT2D eigenvalue weighted by atomic mass is 16.6. The molecule has 2 aromatic carbocycles. The Balaban J connectivity index is 1.45. The maximum atomic E-state index is 12.7. The van der Waals surface area contributed by atoms with E-state index in [1.54, 1.807) is 4.68 Å². The van der Waals surface area contributed by atoms with Crippen molar-refractivity contribution in [3.63, 3.8) is 0 Å². The number of aliphatic hydroxyl groups excluding tert-OH is 1. The summed E-state index contributed by atoms with van der Waals surface area (Å²) in [7, 11) is 0. The monoisotopic (exact) mass is 423 g/mol. The van der Waals surface area contributed by atoms with Crippen molar-refractivity contribution in [2.24, 2.45) is 0 Å². The van der Waals surface area contributed by atoms with E-state index in [0.29, 0.717) is 5.95 Å². The summed E-state index contributed by atoms with van der Waals surface area (Å²) in [6.45, 7) is 5.45. The van der Waals surface area contributed by atoms with E-state index in [0.717, 1.165) is 16.6 Å². The Hall–Kier alpha value is -3.59. The zero-order valence-corrected chi connectivity index (χ0v) is 17.6. The molecule has 9 heteroatoms. The molecule has 1 aromatic heterocycles. The van der Waals surface area contributed by atoms with E-state index in [1.807, 2.05) is 75.4 Å². The van der Waals surface area contributed by atoms with Gasteiger partial charge < -0.3 is 15.2 Å². The Morgan fingerprint density at radius 2 is 1.77 bits per heavy atom. The number of anilines is 1. The number of benzene rings is 2. The number of aromatic nitrogens is 2. The van der Waals surface area contributed by atoms with Crippen LogP contribution in [0.25, 0.3) is 11.0 Å². The number of fused-ring (bicyclic) bond motifs is 3. The van der Waals surface area contributed by atoms with Crippen LogP contribution in [0.1, 0.15) is 26.3 Å². The van der Waals surface area contributed by atoms with Gasteiger partial charge in [-0.2, -0.15) is 4.68 Å². The molecule has 0 radical (unpaired) electrons. The first-order valence-electron chi connectivity index (χ1n) is 10.0. The highest BCUT2D eigenvalue weighted by Gasteiger charge is 2.39. The predicted octanol–water partition coefficient (Wildman–Crippen LogP) is 2.15. The third kappa shape index (κ3) is 4.61. The Morgan fingerprint density at radius 3 is 2.48 bits per heavy atom. The first-order valence-corrected chi connectivity index (χ1v) is 10.0. The van der Waals surface area contributed by atoms with Crippen LogP contribution in [0.3, 0.4) is 0 Å². The average Bonchev–Trinajstić information content (AvgIpc) is 3.22. The number of aliphatic hydroxyl groups is 1. The number of para-hydroxylation sites is 2. The van der Waals surface area contributed by atoms with Crippen molar-refractivity contribution >= 4 is 29.0 Å². The topological polar surface area (TPSA) is 108 Å². The van der Waals surface area contributed by atoms with Crippen molar-refractivity contribution in [1.29, 1.82) is 0 Å². The van der Waals surface area contributed by atoms with Gasteiger partial charge in [0.05, 0.1) is 11.0 Å². The molecule has 0 fully saturated rings. The molecule has 2 heterocycles. The molecule has 0 saturated carbocycles. The summed E-state index contributed by atoms with van der Waals surface area (Å²) in [4.78, 5) is 29.4. The van der Waals surface area contributed by atoms with Gasteiger partial charge in [-0.15, -0.1) is 5.12 Å². The minimum atomic E-state index is -1.58. The summed E-state index contributed by atoms with van der Waals surface area (Å²) in [5, 5.41) is 14.9. The van der Waals surface area contributed by atoms with Crippen molar-refractivity contribution in [3.8, 4) is 0 Å². The van der Waals surface area contributed by atoms with Crippen molar-refractivity contribution in [3.05, 3.63) is 60.2 Å². The molecule has 0 unspecified atom stereocenters. The fourth-order valence-corrected chi connectivity index (χ4v) is 3.27. The molecule has 0 saturated heterocycles. The molecular formula is C22H25N5O4. The highest BCUT2D eigenvalue weighted by molar-refractivity contribution is 5.88. The third-order valence-electron chi connectivity index (χ3n) is 4.72. The number of carbonyl (C=O) groups excluding carboxylic acids is 2. The van der Waals surface area contributed by atoms with Gasteiger partial charge in [0.25, 0.3) is 11.9 Å². The normalized spacial score (nSPS) is 14.5. The number of carbonyl (C=O) groups is 2. The Morgan fingerprint density at radius 1 is 1.10 bits per heavy atom. The second-order valence-electron chi connectivity index (χ2n) is 8.45. The van der Waals surface area contributed by atoms with Gasteiger partial charge in [0.1, 0.15) is 6.10 Å². The molecule has 2 amide bonds. The summed E-state index contributed by atoms with van der Waals surface area (Å²) < 4.78 is 7.16. The van der Waals surface area contributed by atoms with Gasteiger partial charge in [0.2, 0.25) is 0 Å². The lowest BCUT2D eigenvalue weighted by molar-refractivity contribution is -0.135. The molecule has 2 atom stereocenters. The van der Waals surface area contributed by atoms with Crippen molar-refractivity contribution in [2.75, 3.05) is 5.12 Å². The van der Waals surface area contributed by atoms with Crippen LogP contribution in [0.4, 0.5) is 10.7 Å². The van der Waals surface area contributed by atoms with E-state index in [4.69, 9.17) is 4.74 Å². The molecule has 1 aliphatic rings. The fourth-order valence-electron chi connectivity index (χ4n) is 3.27. The number of hydrazine groups is 1. The molecule has 3 N–H and O–H groups in total. The number of alkyl carbamates (subject to hydrolysis) is 1. The molecule has 0 aliphatic carbocycles. The zero-order valence-electron chi connectivity index (χ0n) is 17.6. The van der Waals surface area contributed by atoms with Crippen LogP contribution in [0.15, 0.2) is 54.6 Å². The maximum Gasteiger partial charge on any atom is 0.407 e. The number of rotatable bonds is 6. The molecule has 9 nitrogen and oxygen atoms in total. The molecular weight excluding hydrogens is 398 g/mol. The first-order chi connectivity index (χ1) is 14.7. The van der Waals surface area contributed by atoms with Crippen molar-refractivity contribution in [2.45, 2.75) is 44.9 Å². The number of nitrogens with zero attached hydrogens (tertiary/aromatic N) is 3. The van der Waals surface area contributed by atoms with Crippen LogP contribution in [0.5, 0.6) is 0 Å². The van der Waals surface area contributed by atoms with Crippen LogP contribution in [-0.4, -0.2) is 44.5 Å². The van der Waals surface area contributed by atoms with Crippen LogP contribution in [0.2, 0.25) is 0 Å². The van der Waals surface area contributed by atoms with Gasteiger partial charge >= 0.3 is 6.09 Å². The van der Waals surface area contributed by atoms with E-state index < -0.39 is 29.7 Å². The van der Waals surface area contributed by atoms with Crippen LogP contribution >= 0.6 is 0 Å². The molecule has 4 rings (SSSR count). The SMILES string of the molecule is CC(C)(C)NC(=O)O[C@@H](Cc1ccccc1)[C@@H](O)C(=O)NN1c2nc3ccccc3n21. The second-order valence-corrected chi connectivity index (χ2v) is 8.45. The van der Waals surface area contributed by atoms with Crippen LogP contribution in [-0.2, 0) is 16.0 Å². The molecule has 31 heavy (non-hydrogen) atoms. The van der Waals surface area contributed by atoms with E-state index in [1.165, 1.54) is 5.12 Å². The Kier molecular flexibility index (Phi) is 5.28. The number of imidazole rings is 1. The van der Waals surface area contributed by atoms with Gasteiger partial charge in [0, 0.05) is 12.0 Å². The second kappa shape index (κ2) is 7.92. The summed E-state index contributed by atoms with van der Waals surface area (Å²) in [6.07, 6.45) is -3.18. The number of ether oxygens (including phenoxy) is 1. The van der Waals surface area contributed by atoms with Crippen molar-refractivity contribution in [1.82, 2.24) is 20.4 Å². The van der Waals surface area contributed by atoms with Crippen LogP contribution < -0.4 is 15.9 Å². The van der Waals surface area contributed by atoms with E-state index in [2.05, 4.69) is 15.7 Å². The molecule has 1 aliphatic heterocycles. The largest absolute Gasteiger partial charge is 0.443 e. The smallest absolute Gasteiger partial charge is 0.407 e. The first kappa shape index (κ1) is 20.7. The number of amides is 2. The van der Waals surface area contributed by atoms with E-state index in [-0.39, 0.29) is 6.42 Å². The van der Waals surface area contributed by atoms with Gasteiger partial charge in [-0.25, -0.2) is 15.2 Å². The predicted molar refractivity (Wildman–Crippen MR) is 115 cm³/mol. The summed E-state index contributed by atoms with van der Waals surface area (Å²) in [6, 6.07) is 16.7. The van der Waals surface area contributed by atoms with Crippen molar-refractivity contribution < 1.29 is 19.4 Å². The highest BCUT2D eigenvalue weighted by Crippen LogP contribution is 2.33. The molecule has 0 bridgehead atoms. The lowest BCUT2D eigenvalue weighted by Gasteiger charge is -2.26. The molecule has 3 aromatic rings. The Bertz CT molecular complexity index is 1110. The number of hydrogen-bond donors (Lipinski definition) is 3. The van der Waals surface area contributed by atoms with Gasteiger partial charge in [-0.1, -0.05) is 42.5 Å². The van der Waals surface area contributed by atoms with Crippen LogP contribution in [0, 0.1) is 0 Å². The fraction of sp³-hybridized carbons (Fsp3) is 0.318. The lowest BCUT2D eigenvalue weighted by atomic mass is 10.0. The lowest BCUT2D eigenvalue weighted by Crippen LogP contribution is -2.50. The molecule has 0 spiro atoms. The summed E-state index contributed by atoms with van der Waals surface area (Å²) in [5.74, 6) is -0.133. The standard InChI is InChI=1S/C22H25N5O4/c1-22(2,3)24-21(30)31-17(13-14-9-5-4-6-10-14)18(28)19(29)25-27-20-23-15-11-7-8-12-16(15)26(20)27/h4-12,17-18,28H,13H2,1-3H3,(H,24,30)(H,25,29)/t17-,18+,26?,27?/m0/s1. The zero-order chi connectivity index (χ0) is 22.2. The number of hydrogen-bond acceptors (Lipinski definition) is 6. The summed E-state index contributed by atoms with van der Waals surface area (Å²) >= 11 is 0. The number of nitrogens with one attached hydrogen (secondary N) is 2. The van der Waals surface area contributed by atoms with E-state index >= 15 is 0 Å². The van der Waals surface area contributed by atoms with Gasteiger partial charge in [0.15, 0.2) is 6.10 Å². The van der Waals surface area contributed by atoms with Gasteiger partial charge in [-0.3, -0.25) is 4.79 Å². The minimum Gasteiger partial charge on any atom is -0.443 e. The minimum absolute atomic E-state index is 0.181. The van der Waals surface area contributed by atoms with Gasteiger partial charge in [-0.05, 0) is 38.5 Å². The summed E-state index contributed by atoms with van der Waals surface area (Å²) in [5.41, 5.74) is 4.58. The maximum absolute atomic E-state index is 12.7. The average molecular weight is 423 g/mol. The quantitative estimate of drug-likeness (QED) is 0.524. The molecule has 162 valence electrons.